The van der Waals surface area contributed by atoms with Crippen molar-refractivity contribution in [3.05, 3.63) is 29.8 Å². The van der Waals surface area contributed by atoms with Gasteiger partial charge in [-0.1, -0.05) is 6.07 Å². The Hall–Kier alpha value is -3.43. The van der Waals surface area contributed by atoms with E-state index in [2.05, 4.69) is 24.8 Å². The highest BCUT2D eigenvalue weighted by molar-refractivity contribution is 6.00. The summed E-state index contributed by atoms with van der Waals surface area (Å²) in [5.74, 6) is -5.01. The fourth-order valence-corrected chi connectivity index (χ4v) is 2.37. The quantitative estimate of drug-likeness (QED) is 0.473. The van der Waals surface area contributed by atoms with Crippen LogP contribution in [0.15, 0.2) is 24.3 Å². The minimum absolute atomic E-state index is 0.113. The van der Waals surface area contributed by atoms with Gasteiger partial charge in [-0.2, -0.15) is 0 Å². The molecule has 2 atom stereocenters. The van der Waals surface area contributed by atoms with Gasteiger partial charge < -0.3 is 24.8 Å². The lowest BCUT2D eigenvalue weighted by atomic mass is 9.95. The van der Waals surface area contributed by atoms with Gasteiger partial charge in [0, 0.05) is 18.2 Å². The third-order valence-corrected chi connectivity index (χ3v) is 3.71. The van der Waals surface area contributed by atoms with E-state index in [-0.39, 0.29) is 11.5 Å². The van der Waals surface area contributed by atoms with Gasteiger partial charge in [-0.15, -0.1) is 0 Å². The van der Waals surface area contributed by atoms with Crippen LogP contribution >= 0.6 is 0 Å². The normalized spacial score (nSPS) is 12.1. The second kappa shape index (κ2) is 10.7. The van der Waals surface area contributed by atoms with Gasteiger partial charge in [0.2, 0.25) is 5.91 Å². The summed E-state index contributed by atoms with van der Waals surface area (Å²) in [5.41, 5.74) is 0.482. The smallest absolute Gasteiger partial charge is 0.329 e. The molecule has 2 N–H and O–H groups in total. The molecule has 1 aromatic carbocycles. The van der Waals surface area contributed by atoms with Crippen molar-refractivity contribution in [1.29, 1.82) is 0 Å². The topological polar surface area (TPSA) is 137 Å². The van der Waals surface area contributed by atoms with Gasteiger partial charge in [-0.05, 0) is 18.2 Å². The first-order valence-corrected chi connectivity index (χ1v) is 8.14. The lowest BCUT2D eigenvalue weighted by molar-refractivity contribution is -0.158. The maximum atomic E-state index is 12.6. The van der Waals surface area contributed by atoms with E-state index in [9.17, 15) is 24.0 Å². The van der Waals surface area contributed by atoms with Gasteiger partial charge in [0.25, 0.3) is 5.91 Å². The van der Waals surface area contributed by atoms with Crippen molar-refractivity contribution in [1.82, 2.24) is 5.32 Å². The zero-order chi connectivity index (χ0) is 21.3. The summed E-state index contributed by atoms with van der Waals surface area (Å²) >= 11 is 0. The zero-order valence-electron chi connectivity index (χ0n) is 15.9. The second-order valence-corrected chi connectivity index (χ2v) is 5.65. The molecule has 0 saturated carbocycles. The van der Waals surface area contributed by atoms with Crippen LogP contribution in [-0.4, -0.2) is 57.1 Å². The van der Waals surface area contributed by atoms with Crippen molar-refractivity contribution >= 4 is 35.4 Å². The highest BCUT2D eigenvalue weighted by Gasteiger charge is 2.38. The molecule has 0 unspecified atom stereocenters. The largest absolute Gasteiger partial charge is 0.469 e. The number of ether oxygens (including phenoxy) is 3. The van der Waals surface area contributed by atoms with Gasteiger partial charge >= 0.3 is 17.9 Å². The van der Waals surface area contributed by atoms with Gasteiger partial charge in [0.15, 0.2) is 0 Å². The van der Waals surface area contributed by atoms with E-state index < -0.39 is 42.2 Å². The lowest BCUT2D eigenvalue weighted by Gasteiger charge is -2.23. The highest BCUT2D eigenvalue weighted by Crippen LogP contribution is 2.16. The number of amides is 2. The maximum absolute atomic E-state index is 12.6. The predicted molar refractivity (Wildman–Crippen MR) is 96.2 cm³/mol. The van der Waals surface area contributed by atoms with Crippen molar-refractivity contribution in [2.45, 2.75) is 19.4 Å². The Bertz CT molecular complexity index is 762. The first-order chi connectivity index (χ1) is 13.2. The average molecular weight is 394 g/mol. The molecule has 28 heavy (non-hydrogen) atoms. The molecule has 0 spiro atoms. The number of carbonyl (C=O) groups is 5. The van der Waals surface area contributed by atoms with Crippen LogP contribution in [0.1, 0.15) is 23.7 Å². The summed E-state index contributed by atoms with van der Waals surface area (Å²) in [7, 11) is 3.28. The lowest BCUT2D eigenvalue weighted by Crippen LogP contribution is -2.50. The van der Waals surface area contributed by atoms with Crippen molar-refractivity contribution in [2.75, 3.05) is 26.6 Å². The van der Waals surface area contributed by atoms with Crippen molar-refractivity contribution in [3.63, 3.8) is 0 Å². The van der Waals surface area contributed by atoms with Crippen LogP contribution in [-0.2, 0) is 33.4 Å². The molecule has 10 nitrogen and oxygen atoms in total. The van der Waals surface area contributed by atoms with E-state index in [0.29, 0.717) is 5.69 Å². The van der Waals surface area contributed by atoms with Crippen LogP contribution in [0, 0.1) is 5.92 Å². The van der Waals surface area contributed by atoms with E-state index in [4.69, 9.17) is 0 Å². The van der Waals surface area contributed by atoms with E-state index in [1.54, 1.807) is 6.07 Å². The number of nitrogens with one attached hydrogen (secondary N) is 2. The molecule has 0 saturated heterocycles. The van der Waals surface area contributed by atoms with Crippen LogP contribution in [0.3, 0.4) is 0 Å². The number of hydrogen-bond donors (Lipinski definition) is 2. The minimum Gasteiger partial charge on any atom is -0.469 e. The number of esters is 3. The average Bonchev–Trinajstić information content (AvgIpc) is 2.68. The monoisotopic (exact) mass is 394 g/mol. The van der Waals surface area contributed by atoms with Crippen molar-refractivity contribution < 1.29 is 38.2 Å². The Morgan fingerprint density at radius 2 is 1.61 bits per heavy atom. The van der Waals surface area contributed by atoms with E-state index in [1.807, 2.05) is 0 Å². The van der Waals surface area contributed by atoms with Gasteiger partial charge in [0.1, 0.15) is 6.04 Å². The van der Waals surface area contributed by atoms with Gasteiger partial charge in [0.05, 0.1) is 33.7 Å². The summed E-state index contributed by atoms with van der Waals surface area (Å²) in [6.45, 7) is 1.31. The molecule has 0 heterocycles. The third kappa shape index (κ3) is 6.38. The number of anilines is 1. The third-order valence-electron chi connectivity index (χ3n) is 3.71. The zero-order valence-corrected chi connectivity index (χ0v) is 15.9. The summed E-state index contributed by atoms with van der Waals surface area (Å²) in [4.78, 5) is 59.6. The molecule has 152 valence electrons. The van der Waals surface area contributed by atoms with E-state index in [1.165, 1.54) is 25.1 Å². The molecular formula is C18H22N2O8. The number of methoxy groups -OCH3 is 3. The Morgan fingerprint density at radius 1 is 0.964 bits per heavy atom. The molecule has 1 rings (SSSR count). The standard InChI is InChI=1S/C18H22N2O8/c1-10(21)19-12-7-5-6-11(8-12)16(23)20-15(18(25)28-4)13(17(24)27-3)9-14(22)26-2/h5-8,13,15H,9H2,1-4H3,(H,19,21)(H,20,23)/t13-,15+/m1/s1. The first kappa shape index (κ1) is 22.6. The second-order valence-electron chi connectivity index (χ2n) is 5.65. The molecule has 0 aliphatic carbocycles. The number of benzene rings is 1. The number of rotatable bonds is 8. The number of carbonyl (C=O) groups excluding carboxylic acids is 5. The molecular weight excluding hydrogens is 372 g/mol. The van der Waals surface area contributed by atoms with Crippen LogP contribution in [0.5, 0.6) is 0 Å². The Morgan fingerprint density at radius 3 is 2.14 bits per heavy atom. The molecule has 0 fully saturated rings. The summed E-state index contributed by atoms with van der Waals surface area (Å²) in [6, 6.07) is 4.44. The van der Waals surface area contributed by atoms with E-state index >= 15 is 0 Å². The minimum atomic E-state index is -1.49. The highest BCUT2D eigenvalue weighted by atomic mass is 16.5. The Balaban J connectivity index is 3.14. The van der Waals surface area contributed by atoms with Crippen LogP contribution in [0.4, 0.5) is 5.69 Å². The molecule has 0 aliphatic rings. The predicted octanol–water partition coefficient (Wildman–Crippen LogP) is 0.269. The molecule has 0 bridgehead atoms. The summed E-state index contributed by atoms with van der Waals surface area (Å²) in [6.07, 6.45) is -0.505. The van der Waals surface area contributed by atoms with Crippen LogP contribution < -0.4 is 10.6 Å². The summed E-state index contributed by atoms with van der Waals surface area (Å²) < 4.78 is 13.8. The van der Waals surface area contributed by atoms with Gasteiger partial charge in [-0.3, -0.25) is 19.2 Å². The molecule has 10 heteroatoms. The van der Waals surface area contributed by atoms with Crippen molar-refractivity contribution in [2.24, 2.45) is 5.92 Å². The molecule has 2 amide bonds. The Labute approximate surface area is 161 Å². The Kier molecular flexibility index (Phi) is 8.60. The molecule has 1 aromatic rings. The SMILES string of the molecule is COC(=O)C[C@@H](C(=O)OC)[C@H](NC(=O)c1cccc(NC(C)=O)c1)C(=O)OC. The molecule has 0 radical (unpaired) electrons. The molecule has 0 aromatic heterocycles. The van der Waals surface area contributed by atoms with Gasteiger partial charge in [-0.25, -0.2) is 4.79 Å². The summed E-state index contributed by atoms with van der Waals surface area (Å²) in [5, 5.41) is 4.90. The fraction of sp³-hybridized carbons (Fsp3) is 0.389. The molecule has 0 aliphatic heterocycles. The van der Waals surface area contributed by atoms with Crippen molar-refractivity contribution in [3.8, 4) is 0 Å². The fourth-order valence-electron chi connectivity index (χ4n) is 2.37. The van der Waals surface area contributed by atoms with E-state index in [0.717, 1.165) is 21.3 Å². The maximum Gasteiger partial charge on any atom is 0.329 e. The number of hydrogen-bond acceptors (Lipinski definition) is 8. The first-order valence-electron chi connectivity index (χ1n) is 8.14. The van der Waals surface area contributed by atoms with Crippen LogP contribution in [0.2, 0.25) is 0 Å². The van der Waals surface area contributed by atoms with Crippen LogP contribution in [0.25, 0.3) is 0 Å².